The van der Waals surface area contributed by atoms with Gasteiger partial charge in [-0.2, -0.15) is 0 Å². The SMILES string of the molecule is O=C(CCC(=O)N1CCOCC1)Nc1ccc(OC(F)(F)F)cc1. The van der Waals surface area contributed by atoms with E-state index in [9.17, 15) is 22.8 Å². The van der Waals surface area contributed by atoms with Crippen LogP contribution in [0.2, 0.25) is 0 Å². The Hall–Kier alpha value is -2.29. The number of alkyl halides is 3. The largest absolute Gasteiger partial charge is 0.573 e. The van der Waals surface area contributed by atoms with Gasteiger partial charge >= 0.3 is 6.36 Å². The zero-order valence-electron chi connectivity index (χ0n) is 12.8. The summed E-state index contributed by atoms with van der Waals surface area (Å²) < 4.78 is 45.0. The number of ether oxygens (including phenoxy) is 2. The van der Waals surface area contributed by atoms with Gasteiger partial charge in [-0.25, -0.2) is 0 Å². The van der Waals surface area contributed by atoms with E-state index in [0.29, 0.717) is 32.0 Å². The van der Waals surface area contributed by atoms with Gasteiger partial charge in [-0.1, -0.05) is 0 Å². The summed E-state index contributed by atoms with van der Waals surface area (Å²) in [7, 11) is 0. The van der Waals surface area contributed by atoms with Crippen LogP contribution in [0.4, 0.5) is 18.9 Å². The lowest BCUT2D eigenvalue weighted by atomic mass is 10.2. The molecule has 0 bridgehead atoms. The molecule has 1 fully saturated rings. The van der Waals surface area contributed by atoms with Crippen molar-refractivity contribution in [1.29, 1.82) is 0 Å². The zero-order chi connectivity index (χ0) is 17.6. The first kappa shape index (κ1) is 18.1. The number of nitrogens with one attached hydrogen (secondary N) is 1. The van der Waals surface area contributed by atoms with Gasteiger partial charge in [0.1, 0.15) is 5.75 Å². The van der Waals surface area contributed by atoms with Gasteiger partial charge in [-0.15, -0.1) is 13.2 Å². The van der Waals surface area contributed by atoms with Crippen molar-refractivity contribution in [3.63, 3.8) is 0 Å². The van der Waals surface area contributed by atoms with E-state index in [0.717, 1.165) is 12.1 Å². The van der Waals surface area contributed by atoms with Gasteiger partial charge in [0.15, 0.2) is 0 Å². The number of carbonyl (C=O) groups is 2. The highest BCUT2D eigenvalue weighted by atomic mass is 19.4. The number of hydrogen-bond donors (Lipinski definition) is 1. The summed E-state index contributed by atoms with van der Waals surface area (Å²) in [4.78, 5) is 25.3. The molecule has 24 heavy (non-hydrogen) atoms. The van der Waals surface area contributed by atoms with Crippen LogP contribution in [0, 0.1) is 0 Å². The van der Waals surface area contributed by atoms with E-state index in [1.54, 1.807) is 4.90 Å². The average molecular weight is 346 g/mol. The molecule has 0 saturated carbocycles. The van der Waals surface area contributed by atoms with Gasteiger partial charge in [0.2, 0.25) is 11.8 Å². The second-order valence-corrected chi connectivity index (χ2v) is 5.11. The first-order valence-electron chi connectivity index (χ1n) is 7.35. The standard InChI is InChI=1S/C15H17F3N2O4/c16-15(17,18)24-12-3-1-11(2-4-12)19-13(21)5-6-14(22)20-7-9-23-10-8-20/h1-4H,5-10H2,(H,19,21). The van der Waals surface area contributed by atoms with E-state index in [-0.39, 0.29) is 30.4 Å². The maximum atomic E-state index is 12.0. The summed E-state index contributed by atoms with van der Waals surface area (Å²) in [5.41, 5.74) is 0.327. The van der Waals surface area contributed by atoms with Crippen LogP contribution in [-0.2, 0) is 14.3 Å². The Kier molecular flexibility index (Phi) is 6.02. The van der Waals surface area contributed by atoms with Crippen LogP contribution in [0.3, 0.4) is 0 Å². The summed E-state index contributed by atoms with van der Waals surface area (Å²) in [5.74, 6) is -0.883. The molecule has 1 heterocycles. The van der Waals surface area contributed by atoms with E-state index < -0.39 is 6.36 Å². The van der Waals surface area contributed by atoms with E-state index in [1.807, 2.05) is 0 Å². The molecule has 1 aromatic rings. The van der Waals surface area contributed by atoms with E-state index in [1.165, 1.54) is 12.1 Å². The fraction of sp³-hybridized carbons (Fsp3) is 0.467. The second-order valence-electron chi connectivity index (χ2n) is 5.11. The Morgan fingerprint density at radius 1 is 1.12 bits per heavy atom. The first-order chi connectivity index (χ1) is 11.3. The lowest BCUT2D eigenvalue weighted by Gasteiger charge is -2.26. The molecule has 2 rings (SSSR count). The molecule has 6 nitrogen and oxygen atoms in total. The first-order valence-corrected chi connectivity index (χ1v) is 7.35. The van der Waals surface area contributed by atoms with Crippen LogP contribution in [0.5, 0.6) is 5.75 Å². The third-order valence-corrected chi connectivity index (χ3v) is 3.30. The normalized spacial score (nSPS) is 15.0. The topological polar surface area (TPSA) is 67.9 Å². The van der Waals surface area contributed by atoms with Crippen molar-refractivity contribution in [2.75, 3.05) is 31.6 Å². The summed E-state index contributed by atoms with van der Waals surface area (Å²) in [6.45, 7) is 2.01. The van der Waals surface area contributed by atoms with Crippen LogP contribution in [0.1, 0.15) is 12.8 Å². The Bertz CT molecular complexity index is 569. The molecule has 2 amide bonds. The highest BCUT2D eigenvalue weighted by Crippen LogP contribution is 2.24. The number of amides is 2. The van der Waals surface area contributed by atoms with Crippen molar-refractivity contribution in [2.24, 2.45) is 0 Å². The number of nitrogens with zero attached hydrogens (tertiary/aromatic N) is 1. The highest BCUT2D eigenvalue weighted by molar-refractivity contribution is 5.93. The minimum absolute atomic E-state index is 0.00298. The minimum Gasteiger partial charge on any atom is -0.406 e. The molecule has 0 atom stereocenters. The van der Waals surface area contributed by atoms with Crippen molar-refractivity contribution < 1.29 is 32.2 Å². The average Bonchev–Trinajstić information content (AvgIpc) is 2.54. The molecule has 0 aromatic heterocycles. The van der Waals surface area contributed by atoms with Crippen LogP contribution < -0.4 is 10.1 Å². The van der Waals surface area contributed by atoms with Crippen LogP contribution in [-0.4, -0.2) is 49.4 Å². The number of morpholine rings is 1. The number of hydrogen-bond acceptors (Lipinski definition) is 4. The van der Waals surface area contributed by atoms with E-state index >= 15 is 0 Å². The third kappa shape index (κ3) is 6.07. The second kappa shape index (κ2) is 8.00. The van der Waals surface area contributed by atoms with Crippen LogP contribution in [0.25, 0.3) is 0 Å². The summed E-state index contributed by atoms with van der Waals surface area (Å²) >= 11 is 0. The molecular weight excluding hydrogens is 329 g/mol. The summed E-state index contributed by atoms with van der Waals surface area (Å²) in [6, 6.07) is 4.79. The zero-order valence-corrected chi connectivity index (χ0v) is 12.8. The lowest BCUT2D eigenvalue weighted by Crippen LogP contribution is -2.40. The smallest absolute Gasteiger partial charge is 0.406 e. The Morgan fingerprint density at radius 3 is 2.33 bits per heavy atom. The van der Waals surface area contributed by atoms with E-state index in [2.05, 4.69) is 10.1 Å². The van der Waals surface area contributed by atoms with Gasteiger partial charge in [-0.05, 0) is 24.3 Å². The van der Waals surface area contributed by atoms with Gasteiger partial charge in [-0.3, -0.25) is 9.59 Å². The van der Waals surface area contributed by atoms with E-state index in [4.69, 9.17) is 4.74 Å². The van der Waals surface area contributed by atoms with Crippen molar-refractivity contribution >= 4 is 17.5 Å². The number of carbonyl (C=O) groups excluding carboxylic acids is 2. The van der Waals surface area contributed by atoms with Gasteiger partial charge < -0.3 is 19.7 Å². The number of halogens is 3. The molecular formula is C15H17F3N2O4. The summed E-state index contributed by atoms with van der Waals surface area (Å²) in [6.07, 6.45) is -4.69. The molecule has 0 radical (unpaired) electrons. The molecule has 132 valence electrons. The molecule has 1 aromatic carbocycles. The molecule has 0 spiro atoms. The van der Waals surface area contributed by atoms with Gasteiger partial charge in [0.05, 0.1) is 13.2 Å². The number of anilines is 1. The van der Waals surface area contributed by atoms with Crippen molar-refractivity contribution in [1.82, 2.24) is 4.90 Å². The third-order valence-electron chi connectivity index (χ3n) is 3.30. The minimum atomic E-state index is -4.76. The Balaban J connectivity index is 1.76. The molecule has 9 heteroatoms. The lowest BCUT2D eigenvalue weighted by molar-refractivity contribution is -0.274. The molecule has 0 unspecified atom stereocenters. The quantitative estimate of drug-likeness (QED) is 0.887. The van der Waals surface area contributed by atoms with Crippen molar-refractivity contribution in [2.45, 2.75) is 19.2 Å². The number of rotatable bonds is 5. The maximum absolute atomic E-state index is 12.0. The Labute approximate surface area is 136 Å². The molecule has 1 saturated heterocycles. The summed E-state index contributed by atoms with van der Waals surface area (Å²) in [5, 5.41) is 2.52. The fourth-order valence-corrected chi connectivity index (χ4v) is 2.15. The maximum Gasteiger partial charge on any atom is 0.573 e. The van der Waals surface area contributed by atoms with Crippen molar-refractivity contribution in [3.05, 3.63) is 24.3 Å². The number of benzene rings is 1. The predicted octanol–water partition coefficient (Wildman–Crippen LogP) is 2.16. The Morgan fingerprint density at radius 2 is 1.75 bits per heavy atom. The van der Waals surface area contributed by atoms with Crippen molar-refractivity contribution in [3.8, 4) is 5.75 Å². The predicted molar refractivity (Wildman–Crippen MR) is 78.4 cm³/mol. The molecule has 1 aliphatic heterocycles. The van der Waals surface area contributed by atoms with Crippen LogP contribution >= 0.6 is 0 Å². The van der Waals surface area contributed by atoms with Gasteiger partial charge in [0, 0.05) is 31.6 Å². The molecule has 1 aliphatic rings. The molecule has 0 aliphatic carbocycles. The highest BCUT2D eigenvalue weighted by Gasteiger charge is 2.31. The monoisotopic (exact) mass is 346 g/mol. The molecule has 1 N–H and O–H groups in total. The van der Waals surface area contributed by atoms with Gasteiger partial charge in [0.25, 0.3) is 0 Å². The van der Waals surface area contributed by atoms with Crippen LogP contribution in [0.15, 0.2) is 24.3 Å². The fourth-order valence-electron chi connectivity index (χ4n) is 2.15.